The zero-order valence-corrected chi connectivity index (χ0v) is 14.9. The van der Waals surface area contributed by atoms with E-state index in [1.165, 1.54) is 11.1 Å². The molecule has 0 aliphatic heterocycles. The van der Waals surface area contributed by atoms with E-state index in [1.807, 2.05) is 6.21 Å². The van der Waals surface area contributed by atoms with Gasteiger partial charge in [-0.2, -0.15) is 0 Å². The number of benzene rings is 1. The molecule has 132 valence electrons. The maximum absolute atomic E-state index is 11.4. The Balaban J connectivity index is 1.73. The van der Waals surface area contributed by atoms with Gasteiger partial charge in [-0.25, -0.2) is 0 Å². The van der Waals surface area contributed by atoms with E-state index in [1.54, 1.807) is 0 Å². The zero-order chi connectivity index (χ0) is 17.2. The highest BCUT2D eigenvalue weighted by Crippen LogP contribution is 2.60. The summed E-state index contributed by atoms with van der Waals surface area (Å²) >= 11 is 0. The topological polar surface area (TPSA) is 67.8 Å². The molecule has 0 aromatic heterocycles. The lowest BCUT2D eigenvalue weighted by Crippen LogP contribution is -2.49. The summed E-state index contributed by atoms with van der Waals surface area (Å²) in [5.74, 6) is 0.728. The van der Waals surface area contributed by atoms with Gasteiger partial charge in [0.15, 0.2) is 0 Å². The van der Waals surface area contributed by atoms with Crippen LogP contribution in [-0.2, 0) is 4.84 Å². The molecule has 0 amide bonds. The van der Waals surface area contributed by atoms with Crippen LogP contribution in [-0.4, -0.2) is 30.1 Å². The standard InChI is InChI=1S/C20H30N2O2/c1-15-4-3-5-16(12-15)17-6-8-19(2)18(14-22-24-11-10-21)7-9-20(19,23)13-17/h3-5,12,14,17-18,23H,6-11,13,21H2,1-2H3/b22-14+/t17-,18+,19+,20-/m0/s1. The molecular weight excluding hydrogens is 300 g/mol. The summed E-state index contributed by atoms with van der Waals surface area (Å²) in [6, 6.07) is 8.74. The fraction of sp³-hybridized carbons (Fsp3) is 0.650. The molecule has 0 unspecified atom stereocenters. The van der Waals surface area contributed by atoms with Crippen LogP contribution in [0.4, 0.5) is 0 Å². The van der Waals surface area contributed by atoms with Crippen LogP contribution in [0.3, 0.4) is 0 Å². The monoisotopic (exact) mass is 330 g/mol. The number of nitrogens with two attached hydrogens (primary N) is 1. The molecule has 2 fully saturated rings. The van der Waals surface area contributed by atoms with Crippen LogP contribution in [0.1, 0.15) is 56.1 Å². The average molecular weight is 330 g/mol. The van der Waals surface area contributed by atoms with Gasteiger partial charge in [-0.05, 0) is 50.5 Å². The quantitative estimate of drug-likeness (QED) is 0.494. The summed E-state index contributed by atoms with van der Waals surface area (Å²) in [7, 11) is 0. The van der Waals surface area contributed by atoms with E-state index in [0.29, 0.717) is 19.1 Å². The molecule has 0 heterocycles. The minimum atomic E-state index is -0.607. The summed E-state index contributed by atoms with van der Waals surface area (Å²) in [6.07, 6.45) is 6.72. The van der Waals surface area contributed by atoms with Crippen molar-refractivity contribution in [2.24, 2.45) is 22.2 Å². The summed E-state index contributed by atoms with van der Waals surface area (Å²) in [6.45, 7) is 5.28. The fourth-order valence-electron chi connectivity index (χ4n) is 4.75. The van der Waals surface area contributed by atoms with E-state index in [4.69, 9.17) is 10.6 Å². The fourth-order valence-corrected chi connectivity index (χ4v) is 4.75. The molecule has 0 radical (unpaired) electrons. The predicted octanol–water partition coefficient (Wildman–Crippen LogP) is 3.37. The molecule has 4 atom stereocenters. The van der Waals surface area contributed by atoms with Crippen molar-refractivity contribution in [3.05, 3.63) is 35.4 Å². The molecule has 2 aliphatic carbocycles. The molecular formula is C20H30N2O2. The van der Waals surface area contributed by atoms with Crippen LogP contribution < -0.4 is 5.73 Å². The molecule has 2 saturated carbocycles. The van der Waals surface area contributed by atoms with E-state index in [0.717, 1.165) is 32.1 Å². The molecule has 2 aliphatic rings. The Bertz CT molecular complexity index is 603. The average Bonchev–Trinajstić information content (AvgIpc) is 2.82. The summed E-state index contributed by atoms with van der Waals surface area (Å²) < 4.78 is 0. The Kier molecular flexibility index (Phi) is 4.97. The van der Waals surface area contributed by atoms with Crippen LogP contribution in [0.5, 0.6) is 0 Å². The van der Waals surface area contributed by atoms with Crippen molar-refractivity contribution in [1.82, 2.24) is 0 Å². The first-order valence-corrected chi connectivity index (χ1v) is 9.13. The molecule has 4 heteroatoms. The van der Waals surface area contributed by atoms with Crippen molar-refractivity contribution in [2.45, 2.75) is 57.5 Å². The van der Waals surface area contributed by atoms with Crippen molar-refractivity contribution in [2.75, 3.05) is 13.2 Å². The molecule has 24 heavy (non-hydrogen) atoms. The molecule has 4 nitrogen and oxygen atoms in total. The molecule has 1 aromatic rings. The van der Waals surface area contributed by atoms with Crippen LogP contribution in [0.15, 0.2) is 29.4 Å². The molecule has 0 saturated heterocycles. The van der Waals surface area contributed by atoms with Crippen molar-refractivity contribution in [3.63, 3.8) is 0 Å². The number of hydrogen-bond acceptors (Lipinski definition) is 4. The molecule has 0 spiro atoms. The van der Waals surface area contributed by atoms with Gasteiger partial charge in [0.25, 0.3) is 0 Å². The number of oxime groups is 1. The lowest BCUT2D eigenvalue weighted by Gasteiger charge is -2.48. The van der Waals surface area contributed by atoms with Crippen molar-refractivity contribution < 1.29 is 9.94 Å². The first kappa shape index (κ1) is 17.4. The number of rotatable bonds is 5. The first-order chi connectivity index (χ1) is 11.5. The Labute approximate surface area is 145 Å². The van der Waals surface area contributed by atoms with Gasteiger partial charge in [-0.15, -0.1) is 0 Å². The van der Waals surface area contributed by atoms with Crippen molar-refractivity contribution in [1.29, 1.82) is 0 Å². The molecule has 3 rings (SSSR count). The Morgan fingerprint density at radius 2 is 2.21 bits per heavy atom. The highest BCUT2D eigenvalue weighted by molar-refractivity contribution is 5.62. The smallest absolute Gasteiger partial charge is 0.129 e. The third-order valence-electron chi connectivity index (χ3n) is 6.38. The maximum atomic E-state index is 11.4. The largest absolute Gasteiger partial charge is 0.395 e. The van der Waals surface area contributed by atoms with Gasteiger partial charge in [0, 0.05) is 24.1 Å². The van der Waals surface area contributed by atoms with Gasteiger partial charge >= 0.3 is 0 Å². The van der Waals surface area contributed by atoms with E-state index in [-0.39, 0.29) is 11.3 Å². The number of hydrogen-bond donors (Lipinski definition) is 2. The number of fused-ring (bicyclic) bond motifs is 1. The lowest BCUT2D eigenvalue weighted by atomic mass is 9.59. The lowest BCUT2D eigenvalue weighted by molar-refractivity contribution is -0.0959. The zero-order valence-electron chi connectivity index (χ0n) is 14.9. The Morgan fingerprint density at radius 3 is 2.96 bits per heavy atom. The van der Waals surface area contributed by atoms with Gasteiger partial charge in [0.1, 0.15) is 6.61 Å². The predicted molar refractivity (Wildman–Crippen MR) is 97.1 cm³/mol. The van der Waals surface area contributed by atoms with E-state index >= 15 is 0 Å². The third kappa shape index (κ3) is 3.09. The van der Waals surface area contributed by atoms with Crippen LogP contribution in [0, 0.1) is 18.3 Å². The molecule has 1 aromatic carbocycles. The minimum absolute atomic E-state index is 0.108. The van der Waals surface area contributed by atoms with Crippen LogP contribution >= 0.6 is 0 Å². The SMILES string of the molecule is Cc1cccc([C@H]2CC[C@]3(C)[C@@H](/C=N/OCCN)CC[C@]3(O)C2)c1. The Morgan fingerprint density at radius 1 is 1.38 bits per heavy atom. The van der Waals surface area contributed by atoms with E-state index in [2.05, 4.69) is 43.3 Å². The second-order valence-electron chi connectivity index (χ2n) is 7.82. The maximum Gasteiger partial charge on any atom is 0.129 e. The van der Waals surface area contributed by atoms with Gasteiger partial charge in [0.2, 0.25) is 0 Å². The van der Waals surface area contributed by atoms with E-state index in [9.17, 15) is 5.11 Å². The van der Waals surface area contributed by atoms with Crippen LogP contribution in [0.25, 0.3) is 0 Å². The van der Waals surface area contributed by atoms with Crippen molar-refractivity contribution in [3.8, 4) is 0 Å². The summed E-state index contributed by atoms with van der Waals surface area (Å²) in [4.78, 5) is 5.17. The third-order valence-corrected chi connectivity index (χ3v) is 6.38. The van der Waals surface area contributed by atoms with Gasteiger partial charge < -0.3 is 15.7 Å². The van der Waals surface area contributed by atoms with Gasteiger partial charge in [0.05, 0.1) is 5.60 Å². The van der Waals surface area contributed by atoms with Crippen LogP contribution in [0.2, 0.25) is 0 Å². The van der Waals surface area contributed by atoms with E-state index < -0.39 is 5.60 Å². The highest BCUT2D eigenvalue weighted by Gasteiger charge is 2.58. The van der Waals surface area contributed by atoms with Gasteiger partial charge in [-0.1, -0.05) is 41.9 Å². The number of aryl methyl sites for hydroxylation is 1. The molecule has 0 bridgehead atoms. The first-order valence-electron chi connectivity index (χ1n) is 9.13. The van der Waals surface area contributed by atoms with Gasteiger partial charge in [-0.3, -0.25) is 0 Å². The Hall–Kier alpha value is -1.39. The molecule has 3 N–H and O–H groups in total. The second kappa shape index (κ2) is 6.85. The minimum Gasteiger partial charge on any atom is -0.395 e. The number of nitrogens with zero attached hydrogens (tertiary/aromatic N) is 1. The second-order valence-corrected chi connectivity index (χ2v) is 7.82. The normalized spacial score (nSPS) is 36.0. The summed E-state index contributed by atoms with van der Waals surface area (Å²) in [5.41, 5.74) is 7.37. The highest BCUT2D eigenvalue weighted by atomic mass is 16.6. The van der Waals surface area contributed by atoms with Crippen molar-refractivity contribution >= 4 is 6.21 Å². The number of aliphatic hydroxyl groups is 1. The summed E-state index contributed by atoms with van der Waals surface area (Å²) in [5, 5.41) is 15.5.